The van der Waals surface area contributed by atoms with Crippen LogP contribution in [0.15, 0.2) is 53.4 Å². The van der Waals surface area contributed by atoms with Gasteiger partial charge in [0.05, 0.1) is 5.75 Å². The van der Waals surface area contributed by atoms with Crippen LogP contribution in [0.2, 0.25) is 0 Å². The summed E-state index contributed by atoms with van der Waals surface area (Å²) in [5.41, 5.74) is 0.810. The lowest BCUT2D eigenvalue weighted by atomic mass is 10.3. The van der Waals surface area contributed by atoms with Crippen molar-refractivity contribution >= 4 is 23.4 Å². The van der Waals surface area contributed by atoms with Crippen molar-refractivity contribution in [2.75, 3.05) is 17.2 Å². The first-order valence-corrected chi connectivity index (χ1v) is 7.53. The fraction of sp³-hybridized carbons (Fsp3) is 0.188. The molecule has 0 saturated heterocycles. The molecule has 0 spiro atoms. The average Bonchev–Trinajstić information content (AvgIpc) is 2.48. The first-order chi connectivity index (χ1) is 10.1. The van der Waals surface area contributed by atoms with Crippen molar-refractivity contribution < 1.29 is 13.6 Å². The van der Waals surface area contributed by atoms with Crippen molar-refractivity contribution in [3.8, 4) is 0 Å². The number of anilines is 1. The van der Waals surface area contributed by atoms with Crippen LogP contribution in [0, 0.1) is 11.6 Å². The van der Waals surface area contributed by atoms with Gasteiger partial charge in [-0.25, -0.2) is 8.78 Å². The maximum Gasteiger partial charge on any atom is 0.237 e. The third kappa shape index (κ3) is 4.04. The minimum absolute atomic E-state index is 0.102. The first kappa shape index (κ1) is 15.5. The van der Waals surface area contributed by atoms with Gasteiger partial charge in [0.1, 0.15) is 11.6 Å². The molecule has 0 atom stereocenters. The number of carbonyl (C=O) groups excluding carboxylic acids is 1. The van der Waals surface area contributed by atoms with Gasteiger partial charge in [0.2, 0.25) is 5.91 Å². The van der Waals surface area contributed by atoms with Gasteiger partial charge < -0.3 is 4.90 Å². The van der Waals surface area contributed by atoms with Crippen LogP contribution in [-0.2, 0) is 4.79 Å². The van der Waals surface area contributed by atoms with E-state index in [-0.39, 0.29) is 16.6 Å². The van der Waals surface area contributed by atoms with Gasteiger partial charge in [-0.2, -0.15) is 0 Å². The summed E-state index contributed by atoms with van der Waals surface area (Å²) >= 11 is 1.07. The van der Waals surface area contributed by atoms with E-state index in [1.54, 1.807) is 4.90 Å². The Morgan fingerprint density at radius 1 is 1.14 bits per heavy atom. The van der Waals surface area contributed by atoms with E-state index < -0.39 is 11.6 Å². The second kappa shape index (κ2) is 7.22. The molecular formula is C16H15F2NOS. The van der Waals surface area contributed by atoms with Crippen LogP contribution in [0.3, 0.4) is 0 Å². The second-order valence-corrected chi connectivity index (χ2v) is 5.35. The van der Waals surface area contributed by atoms with Gasteiger partial charge in [-0.05, 0) is 31.2 Å². The second-order valence-electron chi connectivity index (χ2n) is 4.34. The van der Waals surface area contributed by atoms with Crippen LogP contribution in [0.5, 0.6) is 0 Å². The molecule has 0 aromatic heterocycles. The highest BCUT2D eigenvalue weighted by Crippen LogP contribution is 2.23. The normalized spacial score (nSPS) is 10.4. The quantitative estimate of drug-likeness (QED) is 0.775. The van der Waals surface area contributed by atoms with Crippen molar-refractivity contribution in [2.45, 2.75) is 11.8 Å². The predicted octanol–water partition coefficient (Wildman–Crippen LogP) is 4.11. The molecule has 0 fully saturated rings. The summed E-state index contributed by atoms with van der Waals surface area (Å²) in [6, 6.07) is 12.7. The van der Waals surface area contributed by atoms with E-state index in [0.717, 1.165) is 23.5 Å². The monoisotopic (exact) mass is 307 g/mol. The highest BCUT2D eigenvalue weighted by atomic mass is 32.2. The van der Waals surface area contributed by atoms with Gasteiger partial charge in [0.25, 0.3) is 0 Å². The molecule has 0 aliphatic carbocycles. The molecule has 2 aromatic carbocycles. The van der Waals surface area contributed by atoms with Gasteiger partial charge in [-0.3, -0.25) is 4.79 Å². The molecule has 2 nitrogen and oxygen atoms in total. The van der Waals surface area contributed by atoms with Gasteiger partial charge in [0, 0.05) is 23.2 Å². The summed E-state index contributed by atoms with van der Waals surface area (Å²) in [4.78, 5) is 14.1. The summed E-state index contributed by atoms with van der Waals surface area (Å²) in [6.07, 6.45) is 0. The first-order valence-electron chi connectivity index (χ1n) is 6.55. The summed E-state index contributed by atoms with van der Waals surface area (Å²) < 4.78 is 26.3. The molecule has 0 saturated carbocycles. The Morgan fingerprint density at radius 3 is 2.48 bits per heavy atom. The van der Waals surface area contributed by atoms with Crippen LogP contribution in [0.1, 0.15) is 6.92 Å². The van der Waals surface area contributed by atoms with Crippen LogP contribution in [-0.4, -0.2) is 18.2 Å². The Kier molecular flexibility index (Phi) is 5.33. The predicted molar refractivity (Wildman–Crippen MR) is 81.6 cm³/mol. The molecule has 5 heteroatoms. The highest BCUT2D eigenvalue weighted by Gasteiger charge is 2.15. The zero-order chi connectivity index (χ0) is 15.2. The molecule has 2 rings (SSSR count). The number of hydrogen-bond acceptors (Lipinski definition) is 2. The van der Waals surface area contributed by atoms with E-state index in [1.807, 2.05) is 37.3 Å². The molecule has 0 unspecified atom stereocenters. The molecule has 0 radical (unpaired) electrons. The lowest BCUT2D eigenvalue weighted by molar-refractivity contribution is -0.116. The number of amides is 1. The number of benzene rings is 2. The SMILES string of the molecule is CCN(C(=O)CSc1ccc(F)cc1F)c1ccccc1. The van der Waals surface area contributed by atoms with Gasteiger partial charge >= 0.3 is 0 Å². The number of hydrogen-bond donors (Lipinski definition) is 0. The third-order valence-corrected chi connectivity index (χ3v) is 3.96. The van der Waals surface area contributed by atoms with Crippen LogP contribution < -0.4 is 4.90 Å². The molecule has 0 N–H and O–H groups in total. The number of carbonyl (C=O) groups is 1. The maximum absolute atomic E-state index is 13.5. The van der Waals surface area contributed by atoms with Gasteiger partial charge in [-0.15, -0.1) is 11.8 Å². The number of thioether (sulfide) groups is 1. The fourth-order valence-electron chi connectivity index (χ4n) is 1.92. The topological polar surface area (TPSA) is 20.3 Å². The highest BCUT2D eigenvalue weighted by molar-refractivity contribution is 8.00. The van der Waals surface area contributed by atoms with Crippen molar-refractivity contribution in [3.63, 3.8) is 0 Å². The lowest BCUT2D eigenvalue weighted by Crippen LogP contribution is -2.32. The molecule has 0 aliphatic heterocycles. The van der Waals surface area contributed by atoms with Crippen LogP contribution in [0.25, 0.3) is 0 Å². The molecule has 1 amide bonds. The largest absolute Gasteiger partial charge is 0.312 e. The standard InChI is InChI=1S/C16H15F2NOS/c1-2-19(13-6-4-3-5-7-13)16(20)11-21-15-9-8-12(17)10-14(15)18/h3-10H,2,11H2,1H3. The van der Waals surface area contributed by atoms with Crippen molar-refractivity contribution in [3.05, 3.63) is 60.2 Å². The fourth-order valence-corrected chi connectivity index (χ4v) is 2.72. The Bertz CT molecular complexity index is 619. The Morgan fingerprint density at radius 2 is 1.86 bits per heavy atom. The van der Waals surface area contributed by atoms with E-state index in [4.69, 9.17) is 0 Å². The molecule has 0 bridgehead atoms. The van der Waals surface area contributed by atoms with E-state index in [0.29, 0.717) is 6.54 Å². The van der Waals surface area contributed by atoms with E-state index in [1.165, 1.54) is 12.1 Å². The summed E-state index contributed by atoms with van der Waals surface area (Å²) in [5, 5.41) is 0. The summed E-state index contributed by atoms with van der Waals surface area (Å²) in [5.74, 6) is -1.28. The number of rotatable bonds is 5. The maximum atomic E-state index is 13.5. The van der Waals surface area contributed by atoms with Crippen molar-refractivity contribution in [1.29, 1.82) is 0 Å². The van der Waals surface area contributed by atoms with Crippen LogP contribution >= 0.6 is 11.8 Å². The third-order valence-electron chi connectivity index (χ3n) is 2.93. The molecule has 21 heavy (non-hydrogen) atoms. The van der Waals surface area contributed by atoms with Gasteiger partial charge in [0.15, 0.2) is 0 Å². The van der Waals surface area contributed by atoms with Gasteiger partial charge in [-0.1, -0.05) is 18.2 Å². The summed E-state index contributed by atoms with van der Waals surface area (Å²) in [6.45, 7) is 2.42. The zero-order valence-corrected chi connectivity index (χ0v) is 12.4. The number of para-hydroxylation sites is 1. The average molecular weight is 307 g/mol. The Balaban J connectivity index is 2.03. The zero-order valence-electron chi connectivity index (χ0n) is 11.6. The molecule has 110 valence electrons. The van der Waals surface area contributed by atoms with E-state index in [2.05, 4.69) is 0 Å². The lowest BCUT2D eigenvalue weighted by Gasteiger charge is -2.20. The minimum atomic E-state index is -0.643. The smallest absolute Gasteiger partial charge is 0.237 e. The number of halogens is 2. The molecule has 0 aliphatic rings. The van der Waals surface area contributed by atoms with Crippen molar-refractivity contribution in [1.82, 2.24) is 0 Å². The van der Waals surface area contributed by atoms with Crippen molar-refractivity contribution in [2.24, 2.45) is 0 Å². The molecule has 0 heterocycles. The minimum Gasteiger partial charge on any atom is -0.312 e. The molecule has 2 aromatic rings. The Labute approximate surface area is 126 Å². The Hall–Kier alpha value is -1.88. The summed E-state index contributed by atoms with van der Waals surface area (Å²) in [7, 11) is 0. The van der Waals surface area contributed by atoms with E-state index >= 15 is 0 Å². The molecular weight excluding hydrogens is 292 g/mol. The number of nitrogens with zero attached hydrogens (tertiary/aromatic N) is 1. The van der Waals surface area contributed by atoms with E-state index in [9.17, 15) is 13.6 Å². The van der Waals surface area contributed by atoms with Crippen LogP contribution in [0.4, 0.5) is 14.5 Å².